The van der Waals surface area contributed by atoms with Crippen molar-refractivity contribution in [3.05, 3.63) is 29.5 Å². The zero-order chi connectivity index (χ0) is 9.42. The van der Waals surface area contributed by atoms with Gasteiger partial charge in [-0.25, -0.2) is 0 Å². The predicted octanol–water partition coefficient (Wildman–Crippen LogP) is 1.87. The number of carbonyl (C=O) groups is 1. The Hall–Kier alpha value is -1.77. The number of anilines is 1. The number of aromatic amines is 1. The number of hydrogen-bond donors (Lipinski definition) is 2. The van der Waals surface area contributed by atoms with E-state index in [1.54, 1.807) is 6.20 Å². The highest BCUT2D eigenvalue weighted by atomic mass is 16.1. The average molecular weight is 174 g/mol. The summed E-state index contributed by atoms with van der Waals surface area (Å²) in [7, 11) is 0. The van der Waals surface area contributed by atoms with E-state index >= 15 is 0 Å². The maximum Gasteiger partial charge on any atom is 0.152 e. The Morgan fingerprint density at radius 3 is 2.92 bits per heavy atom. The van der Waals surface area contributed by atoms with Gasteiger partial charge in [0.15, 0.2) is 6.29 Å². The van der Waals surface area contributed by atoms with E-state index in [2.05, 4.69) is 4.98 Å². The molecule has 1 aromatic carbocycles. The molecule has 0 atom stereocenters. The second-order valence-corrected chi connectivity index (χ2v) is 3.08. The summed E-state index contributed by atoms with van der Waals surface area (Å²) in [6, 6.07) is 3.75. The van der Waals surface area contributed by atoms with Crippen LogP contribution in [-0.2, 0) is 0 Å². The molecule has 0 spiro atoms. The van der Waals surface area contributed by atoms with Crippen molar-refractivity contribution in [2.45, 2.75) is 6.92 Å². The molecule has 1 aromatic heterocycles. The maximum atomic E-state index is 10.7. The number of H-pyrrole nitrogens is 1. The molecule has 0 aliphatic carbocycles. The normalized spacial score (nSPS) is 10.5. The molecule has 0 aliphatic rings. The molecule has 0 unspecified atom stereocenters. The number of aldehydes is 1. The van der Waals surface area contributed by atoms with E-state index in [-0.39, 0.29) is 0 Å². The van der Waals surface area contributed by atoms with Gasteiger partial charge in [0.05, 0.1) is 11.2 Å². The molecule has 2 aromatic rings. The summed E-state index contributed by atoms with van der Waals surface area (Å²) in [4.78, 5) is 13.7. The Balaban J connectivity index is 2.95. The van der Waals surface area contributed by atoms with Crippen LogP contribution in [-0.4, -0.2) is 11.3 Å². The quantitative estimate of drug-likeness (QED) is 0.512. The molecule has 1 heterocycles. The van der Waals surface area contributed by atoms with Crippen molar-refractivity contribution < 1.29 is 4.79 Å². The van der Waals surface area contributed by atoms with Crippen LogP contribution in [0.4, 0.5) is 5.69 Å². The highest BCUT2D eigenvalue weighted by Gasteiger charge is 2.07. The van der Waals surface area contributed by atoms with Crippen LogP contribution < -0.4 is 5.73 Å². The summed E-state index contributed by atoms with van der Waals surface area (Å²) in [5.41, 5.74) is 9.00. The summed E-state index contributed by atoms with van der Waals surface area (Å²) in [5, 5.41) is 0.926. The molecule has 0 aliphatic heterocycles. The molecule has 3 heteroatoms. The topological polar surface area (TPSA) is 58.9 Å². The first kappa shape index (κ1) is 7.86. The van der Waals surface area contributed by atoms with Gasteiger partial charge in [0.25, 0.3) is 0 Å². The van der Waals surface area contributed by atoms with Crippen LogP contribution in [0, 0.1) is 6.92 Å². The Morgan fingerprint density at radius 1 is 1.46 bits per heavy atom. The fourth-order valence-corrected chi connectivity index (χ4v) is 1.57. The smallest absolute Gasteiger partial charge is 0.152 e. The van der Waals surface area contributed by atoms with Gasteiger partial charge >= 0.3 is 0 Å². The Bertz CT molecular complexity index is 471. The van der Waals surface area contributed by atoms with Crippen molar-refractivity contribution in [2.75, 3.05) is 5.73 Å². The fourth-order valence-electron chi connectivity index (χ4n) is 1.57. The van der Waals surface area contributed by atoms with Crippen LogP contribution in [0.25, 0.3) is 10.9 Å². The highest BCUT2D eigenvalue weighted by Crippen LogP contribution is 2.25. The summed E-state index contributed by atoms with van der Waals surface area (Å²) in [6.45, 7) is 1.96. The van der Waals surface area contributed by atoms with Gasteiger partial charge in [-0.2, -0.15) is 0 Å². The first-order chi connectivity index (χ1) is 6.24. The molecule has 13 heavy (non-hydrogen) atoms. The Kier molecular flexibility index (Phi) is 1.59. The number of benzene rings is 1. The van der Waals surface area contributed by atoms with E-state index < -0.39 is 0 Å². The van der Waals surface area contributed by atoms with Gasteiger partial charge in [-0.15, -0.1) is 0 Å². The molecule has 0 fully saturated rings. The van der Waals surface area contributed by atoms with Gasteiger partial charge in [-0.1, -0.05) is 6.07 Å². The van der Waals surface area contributed by atoms with E-state index in [1.807, 2.05) is 19.1 Å². The van der Waals surface area contributed by atoms with Crippen LogP contribution in [0.1, 0.15) is 15.9 Å². The molecule has 66 valence electrons. The van der Waals surface area contributed by atoms with Gasteiger partial charge < -0.3 is 10.7 Å². The lowest BCUT2D eigenvalue weighted by atomic mass is 10.1. The third-order valence-corrected chi connectivity index (χ3v) is 2.23. The average Bonchev–Trinajstić information content (AvgIpc) is 2.56. The van der Waals surface area contributed by atoms with Crippen molar-refractivity contribution in [1.82, 2.24) is 4.98 Å². The van der Waals surface area contributed by atoms with Crippen molar-refractivity contribution in [3.8, 4) is 0 Å². The summed E-state index contributed by atoms with van der Waals surface area (Å²) >= 11 is 0. The first-order valence-electron chi connectivity index (χ1n) is 4.05. The summed E-state index contributed by atoms with van der Waals surface area (Å²) in [6.07, 6.45) is 2.52. The summed E-state index contributed by atoms with van der Waals surface area (Å²) < 4.78 is 0. The number of aryl methyl sites for hydroxylation is 1. The van der Waals surface area contributed by atoms with Crippen LogP contribution in [0.5, 0.6) is 0 Å². The van der Waals surface area contributed by atoms with E-state index in [4.69, 9.17) is 5.73 Å². The minimum absolute atomic E-state index is 0.666. The monoisotopic (exact) mass is 174 g/mol. The molecule has 0 saturated heterocycles. The third-order valence-electron chi connectivity index (χ3n) is 2.23. The van der Waals surface area contributed by atoms with Crippen molar-refractivity contribution in [2.24, 2.45) is 0 Å². The number of carbonyl (C=O) groups excluding carboxylic acids is 1. The maximum absolute atomic E-state index is 10.7. The number of nitrogens with one attached hydrogen (secondary N) is 1. The minimum Gasteiger partial charge on any atom is -0.397 e. The standard InChI is InChI=1S/C10H10N2O/c1-6-2-3-8(11)10-9(6)7(5-13)4-12-10/h2-5,12H,11H2,1H3. The van der Waals surface area contributed by atoms with Crippen LogP contribution in [0.15, 0.2) is 18.3 Å². The van der Waals surface area contributed by atoms with Crippen molar-refractivity contribution in [3.63, 3.8) is 0 Å². The molecule has 0 bridgehead atoms. The summed E-state index contributed by atoms with van der Waals surface area (Å²) in [5.74, 6) is 0. The fraction of sp³-hybridized carbons (Fsp3) is 0.100. The van der Waals surface area contributed by atoms with Gasteiger partial charge in [0, 0.05) is 17.1 Å². The largest absolute Gasteiger partial charge is 0.397 e. The third kappa shape index (κ3) is 1.01. The van der Waals surface area contributed by atoms with Gasteiger partial charge in [0.2, 0.25) is 0 Å². The van der Waals surface area contributed by atoms with E-state index in [9.17, 15) is 4.79 Å². The molecule has 3 N–H and O–H groups in total. The van der Waals surface area contributed by atoms with E-state index in [1.165, 1.54) is 0 Å². The first-order valence-corrected chi connectivity index (χ1v) is 4.05. The molecule has 0 saturated carbocycles. The predicted molar refractivity (Wildman–Crippen MR) is 52.8 cm³/mol. The van der Waals surface area contributed by atoms with Crippen LogP contribution in [0.2, 0.25) is 0 Å². The van der Waals surface area contributed by atoms with E-state index in [0.29, 0.717) is 11.3 Å². The second-order valence-electron chi connectivity index (χ2n) is 3.08. The minimum atomic E-state index is 0.666. The van der Waals surface area contributed by atoms with Crippen LogP contribution in [0.3, 0.4) is 0 Å². The number of aromatic nitrogens is 1. The zero-order valence-electron chi connectivity index (χ0n) is 7.29. The number of nitrogens with two attached hydrogens (primary N) is 1. The Labute approximate surface area is 75.6 Å². The lowest BCUT2D eigenvalue weighted by Crippen LogP contribution is -1.88. The molecule has 0 radical (unpaired) electrons. The lowest BCUT2D eigenvalue weighted by Gasteiger charge is -1.99. The van der Waals surface area contributed by atoms with Gasteiger partial charge in [-0.3, -0.25) is 4.79 Å². The second kappa shape index (κ2) is 2.62. The molecular formula is C10H10N2O. The van der Waals surface area contributed by atoms with Crippen LogP contribution >= 0.6 is 0 Å². The molecule has 3 nitrogen and oxygen atoms in total. The Morgan fingerprint density at radius 2 is 2.23 bits per heavy atom. The highest BCUT2D eigenvalue weighted by molar-refractivity contribution is 6.03. The SMILES string of the molecule is Cc1ccc(N)c2[nH]cc(C=O)c12. The number of rotatable bonds is 1. The van der Waals surface area contributed by atoms with Crippen molar-refractivity contribution >= 4 is 22.9 Å². The molecule has 2 rings (SSSR count). The number of nitrogen functional groups attached to an aromatic ring is 1. The van der Waals surface area contributed by atoms with Crippen molar-refractivity contribution in [1.29, 1.82) is 0 Å². The van der Waals surface area contributed by atoms with Gasteiger partial charge in [0.1, 0.15) is 0 Å². The lowest BCUT2D eigenvalue weighted by molar-refractivity contribution is 0.112. The van der Waals surface area contributed by atoms with E-state index in [0.717, 1.165) is 22.8 Å². The zero-order valence-corrected chi connectivity index (χ0v) is 7.29. The van der Waals surface area contributed by atoms with Gasteiger partial charge in [-0.05, 0) is 18.6 Å². The molecule has 0 amide bonds. The molecular weight excluding hydrogens is 164 g/mol. The number of fused-ring (bicyclic) bond motifs is 1. The number of hydrogen-bond acceptors (Lipinski definition) is 2.